The molecule has 0 spiro atoms. The smallest absolute Gasteiger partial charge is 0.239 e. The number of likely N-dealkylation sites (N-methyl/N-ethyl adjacent to an activating group) is 1. The Kier molecular flexibility index (Phi) is 3.69. The van der Waals surface area contributed by atoms with Crippen LogP contribution in [0.3, 0.4) is 0 Å². The van der Waals surface area contributed by atoms with Gasteiger partial charge in [0, 0.05) is 13.7 Å². The van der Waals surface area contributed by atoms with Crippen LogP contribution in [0.15, 0.2) is 0 Å². The molecule has 1 amide bonds. The molecule has 13 heavy (non-hydrogen) atoms. The zero-order valence-corrected chi connectivity index (χ0v) is 8.32. The highest BCUT2D eigenvalue weighted by Crippen LogP contribution is 2.11. The van der Waals surface area contributed by atoms with Gasteiger partial charge in [-0.15, -0.1) is 0 Å². The van der Waals surface area contributed by atoms with Gasteiger partial charge in [0.15, 0.2) is 0 Å². The van der Waals surface area contributed by atoms with Crippen molar-refractivity contribution in [2.45, 2.75) is 31.8 Å². The Morgan fingerprint density at radius 1 is 1.77 bits per heavy atom. The number of rotatable bonds is 3. The first-order valence-electron chi connectivity index (χ1n) is 4.76. The molecular weight excluding hydrogens is 168 g/mol. The van der Waals surface area contributed by atoms with Crippen LogP contribution in [-0.2, 0) is 9.53 Å². The zero-order chi connectivity index (χ0) is 9.84. The van der Waals surface area contributed by atoms with Gasteiger partial charge in [-0.05, 0) is 12.8 Å². The predicted molar refractivity (Wildman–Crippen MR) is 50.3 cm³/mol. The monoisotopic (exact) mass is 186 g/mol. The van der Waals surface area contributed by atoms with E-state index in [0.29, 0.717) is 13.0 Å². The minimum atomic E-state index is -0.356. The molecule has 1 fully saturated rings. The molecule has 1 heterocycles. The third-order valence-corrected chi connectivity index (χ3v) is 2.56. The number of carbonyl (C=O) groups is 1. The van der Waals surface area contributed by atoms with E-state index in [1.807, 2.05) is 6.92 Å². The van der Waals surface area contributed by atoms with Crippen LogP contribution in [0.25, 0.3) is 0 Å². The summed E-state index contributed by atoms with van der Waals surface area (Å²) in [5.74, 6) is 0.0259. The average molecular weight is 186 g/mol. The number of hydrogen-bond donors (Lipinski definition) is 1. The molecule has 0 aromatic carbocycles. The maximum Gasteiger partial charge on any atom is 0.239 e. The molecule has 76 valence electrons. The molecule has 0 aromatic heterocycles. The standard InChI is InChI=1S/C9H18N2O2/c1-3-8(10)9(12)11(2)7-4-5-13-6-7/h7-8H,3-6,10H2,1-2H3/t7?,8-/m1/s1. The number of ether oxygens (including phenoxy) is 1. The SMILES string of the molecule is CC[C@@H](N)C(=O)N(C)C1CCOC1. The van der Waals surface area contributed by atoms with Crippen LogP contribution in [-0.4, -0.2) is 43.2 Å². The van der Waals surface area contributed by atoms with Crippen molar-refractivity contribution >= 4 is 5.91 Å². The van der Waals surface area contributed by atoms with Gasteiger partial charge in [-0.1, -0.05) is 6.92 Å². The Bertz CT molecular complexity index is 178. The Morgan fingerprint density at radius 2 is 2.46 bits per heavy atom. The third kappa shape index (κ3) is 2.42. The van der Waals surface area contributed by atoms with Crippen molar-refractivity contribution in [2.24, 2.45) is 5.73 Å². The fourth-order valence-corrected chi connectivity index (χ4v) is 1.44. The van der Waals surface area contributed by atoms with Crippen LogP contribution in [0.1, 0.15) is 19.8 Å². The first-order chi connectivity index (χ1) is 6.16. The van der Waals surface area contributed by atoms with Gasteiger partial charge in [-0.2, -0.15) is 0 Å². The average Bonchev–Trinajstić information content (AvgIpc) is 2.67. The second kappa shape index (κ2) is 4.58. The van der Waals surface area contributed by atoms with Gasteiger partial charge in [0.25, 0.3) is 0 Å². The maximum atomic E-state index is 11.6. The number of carbonyl (C=O) groups excluding carboxylic acids is 1. The maximum absolute atomic E-state index is 11.6. The Labute approximate surface area is 79.0 Å². The molecule has 0 aliphatic carbocycles. The minimum Gasteiger partial charge on any atom is -0.379 e. The molecule has 0 radical (unpaired) electrons. The summed E-state index contributed by atoms with van der Waals surface area (Å²) in [6, 6.07) is -0.129. The molecule has 0 aromatic rings. The van der Waals surface area contributed by atoms with Crippen molar-refractivity contribution in [1.29, 1.82) is 0 Å². The largest absolute Gasteiger partial charge is 0.379 e. The van der Waals surface area contributed by atoms with Crippen LogP contribution in [0.2, 0.25) is 0 Å². The van der Waals surface area contributed by atoms with Gasteiger partial charge in [0.1, 0.15) is 0 Å². The molecule has 1 rings (SSSR count). The molecule has 1 aliphatic heterocycles. The highest BCUT2D eigenvalue weighted by molar-refractivity contribution is 5.81. The van der Waals surface area contributed by atoms with E-state index < -0.39 is 0 Å². The van der Waals surface area contributed by atoms with Crippen LogP contribution in [0.5, 0.6) is 0 Å². The summed E-state index contributed by atoms with van der Waals surface area (Å²) < 4.78 is 5.21. The number of nitrogens with zero attached hydrogens (tertiary/aromatic N) is 1. The van der Waals surface area contributed by atoms with E-state index in [0.717, 1.165) is 13.0 Å². The van der Waals surface area contributed by atoms with Gasteiger partial charge in [0.05, 0.1) is 18.7 Å². The lowest BCUT2D eigenvalue weighted by molar-refractivity contribution is -0.133. The van der Waals surface area contributed by atoms with Crippen LogP contribution >= 0.6 is 0 Å². The Hall–Kier alpha value is -0.610. The van der Waals surface area contributed by atoms with Crippen LogP contribution < -0.4 is 5.73 Å². The summed E-state index contributed by atoms with van der Waals surface area (Å²) in [7, 11) is 1.80. The highest BCUT2D eigenvalue weighted by atomic mass is 16.5. The van der Waals surface area contributed by atoms with Crippen molar-refractivity contribution < 1.29 is 9.53 Å². The molecular formula is C9H18N2O2. The molecule has 1 aliphatic rings. The minimum absolute atomic E-state index is 0.0259. The van der Waals surface area contributed by atoms with Crippen molar-refractivity contribution in [3.8, 4) is 0 Å². The van der Waals surface area contributed by atoms with E-state index in [1.54, 1.807) is 11.9 Å². The number of nitrogens with two attached hydrogens (primary N) is 1. The molecule has 2 atom stereocenters. The lowest BCUT2D eigenvalue weighted by atomic mass is 10.1. The lowest BCUT2D eigenvalue weighted by Gasteiger charge is -2.25. The van der Waals surface area contributed by atoms with Crippen molar-refractivity contribution in [3.05, 3.63) is 0 Å². The second-order valence-electron chi connectivity index (χ2n) is 3.48. The summed E-state index contributed by atoms with van der Waals surface area (Å²) in [6.07, 6.45) is 1.62. The Balaban J connectivity index is 2.45. The molecule has 0 bridgehead atoms. The lowest BCUT2D eigenvalue weighted by Crippen LogP contribution is -2.46. The summed E-state index contributed by atoms with van der Waals surface area (Å²) >= 11 is 0. The molecule has 0 saturated carbocycles. The van der Waals surface area contributed by atoms with Crippen molar-refractivity contribution in [3.63, 3.8) is 0 Å². The second-order valence-corrected chi connectivity index (χ2v) is 3.48. The normalized spacial score (nSPS) is 24.4. The van der Waals surface area contributed by atoms with Crippen molar-refractivity contribution in [2.75, 3.05) is 20.3 Å². The first kappa shape index (κ1) is 10.5. The molecule has 1 saturated heterocycles. The van der Waals surface area contributed by atoms with Gasteiger partial charge in [-0.3, -0.25) is 4.79 Å². The van der Waals surface area contributed by atoms with Gasteiger partial charge >= 0.3 is 0 Å². The molecule has 1 unspecified atom stereocenters. The highest BCUT2D eigenvalue weighted by Gasteiger charge is 2.26. The zero-order valence-electron chi connectivity index (χ0n) is 8.32. The van der Waals surface area contributed by atoms with E-state index in [4.69, 9.17) is 10.5 Å². The van der Waals surface area contributed by atoms with E-state index >= 15 is 0 Å². The van der Waals surface area contributed by atoms with E-state index in [9.17, 15) is 4.79 Å². The van der Waals surface area contributed by atoms with Crippen LogP contribution in [0, 0.1) is 0 Å². The quantitative estimate of drug-likeness (QED) is 0.673. The molecule has 4 nitrogen and oxygen atoms in total. The molecule has 4 heteroatoms. The van der Waals surface area contributed by atoms with E-state index in [2.05, 4.69) is 0 Å². The number of amides is 1. The number of hydrogen-bond acceptors (Lipinski definition) is 3. The van der Waals surface area contributed by atoms with Gasteiger partial charge in [0.2, 0.25) is 5.91 Å². The fourth-order valence-electron chi connectivity index (χ4n) is 1.44. The Morgan fingerprint density at radius 3 is 2.92 bits per heavy atom. The predicted octanol–water partition coefficient (Wildman–Crippen LogP) is -0.0290. The topological polar surface area (TPSA) is 55.6 Å². The summed E-state index contributed by atoms with van der Waals surface area (Å²) in [6.45, 7) is 3.32. The van der Waals surface area contributed by atoms with Gasteiger partial charge in [-0.25, -0.2) is 0 Å². The fraction of sp³-hybridized carbons (Fsp3) is 0.889. The summed E-state index contributed by atoms with van der Waals surface area (Å²) in [5, 5.41) is 0. The van der Waals surface area contributed by atoms with Crippen LogP contribution in [0.4, 0.5) is 0 Å². The van der Waals surface area contributed by atoms with E-state index in [1.165, 1.54) is 0 Å². The summed E-state index contributed by atoms with van der Waals surface area (Å²) in [5.41, 5.74) is 5.65. The van der Waals surface area contributed by atoms with Gasteiger partial charge < -0.3 is 15.4 Å². The van der Waals surface area contributed by atoms with E-state index in [-0.39, 0.29) is 18.0 Å². The first-order valence-corrected chi connectivity index (χ1v) is 4.76. The van der Waals surface area contributed by atoms with Crippen molar-refractivity contribution in [1.82, 2.24) is 4.90 Å². The summed E-state index contributed by atoms with van der Waals surface area (Å²) in [4.78, 5) is 13.3. The third-order valence-electron chi connectivity index (χ3n) is 2.56. The molecule has 2 N–H and O–H groups in total.